The molecule has 0 radical (unpaired) electrons. The van der Waals surface area contributed by atoms with Crippen LogP contribution in [0.2, 0.25) is 0 Å². The van der Waals surface area contributed by atoms with Crippen LogP contribution in [0, 0.1) is 0 Å². The number of ketones is 1. The quantitative estimate of drug-likeness (QED) is 0.130. The van der Waals surface area contributed by atoms with Gasteiger partial charge in [-0.15, -0.1) is 0 Å². The largest absolute Gasteiger partial charge is 0.494 e. The van der Waals surface area contributed by atoms with Crippen LogP contribution in [0.15, 0.2) is 53.4 Å². The number of hydrogen-bond donors (Lipinski definition) is 1. The maximum atomic E-state index is 12.6. The van der Waals surface area contributed by atoms with E-state index in [0.29, 0.717) is 23.6 Å². The summed E-state index contributed by atoms with van der Waals surface area (Å²) in [5.41, 5.74) is 0.932. The van der Waals surface area contributed by atoms with E-state index >= 15 is 0 Å². The number of rotatable bonds is 17. The van der Waals surface area contributed by atoms with Crippen molar-refractivity contribution in [1.82, 2.24) is 0 Å². The molecule has 2 aromatic carbocycles. The van der Waals surface area contributed by atoms with Gasteiger partial charge in [-0.2, -0.15) is 0 Å². The number of ether oxygens (including phenoxy) is 1. The number of alkyl halides is 1. The minimum absolute atomic E-state index is 0.0576. The number of sulfonamides is 1. The summed E-state index contributed by atoms with van der Waals surface area (Å²) in [6, 6.07) is 12.8. The molecule has 0 atom stereocenters. The van der Waals surface area contributed by atoms with Crippen molar-refractivity contribution < 1.29 is 17.9 Å². The second-order valence-electron chi connectivity index (χ2n) is 8.24. The molecule has 1 N–H and O–H groups in total. The summed E-state index contributed by atoms with van der Waals surface area (Å²) in [5.74, 6) is 0.611. The molecule has 7 heteroatoms. The van der Waals surface area contributed by atoms with E-state index < -0.39 is 10.0 Å². The van der Waals surface area contributed by atoms with Crippen molar-refractivity contribution in [1.29, 1.82) is 0 Å². The van der Waals surface area contributed by atoms with Crippen LogP contribution in [-0.4, -0.2) is 26.1 Å². The van der Waals surface area contributed by atoms with Gasteiger partial charge in [0.1, 0.15) is 5.75 Å². The molecule has 0 bridgehead atoms. The van der Waals surface area contributed by atoms with Crippen LogP contribution in [0.1, 0.15) is 81.5 Å². The Morgan fingerprint density at radius 3 is 1.91 bits per heavy atom. The van der Waals surface area contributed by atoms with Crippen molar-refractivity contribution in [2.24, 2.45) is 0 Å². The highest BCUT2D eigenvalue weighted by atomic mass is 79.9. The number of anilines is 1. The van der Waals surface area contributed by atoms with Crippen LogP contribution in [0.3, 0.4) is 0 Å². The minimum atomic E-state index is -3.71. The van der Waals surface area contributed by atoms with Crippen LogP contribution in [-0.2, 0) is 10.0 Å². The van der Waals surface area contributed by atoms with Gasteiger partial charge in [0.25, 0.3) is 10.0 Å². The lowest BCUT2D eigenvalue weighted by molar-refractivity contribution is 0.102. The van der Waals surface area contributed by atoms with Crippen LogP contribution in [0.25, 0.3) is 0 Å². The van der Waals surface area contributed by atoms with Gasteiger partial charge in [0, 0.05) is 11.3 Å². The highest BCUT2D eigenvalue weighted by Crippen LogP contribution is 2.20. The summed E-state index contributed by atoms with van der Waals surface area (Å²) in [7, 11) is -3.71. The molecule has 0 spiro atoms. The standard InChI is InChI=1S/C26H36BrNO4S/c1-2-3-4-5-6-7-8-9-10-11-20-32-24-16-18-25(19-17-24)33(30,31)28-23-14-12-22(13-15-23)26(29)21-27/h12-19,28H,2-11,20-21H2,1H3. The Morgan fingerprint density at radius 1 is 0.818 bits per heavy atom. The molecule has 33 heavy (non-hydrogen) atoms. The fourth-order valence-corrected chi connectivity index (χ4v) is 4.89. The van der Waals surface area contributed by atoms with Crippen LogP contribution >= 0.6 is 15.9 Å². The topological polar surface area (TPSA) is 72.5 Å². The zero-order chi connectivity index (χ0) is 23.9. The van der Waals surface area contributed by atoms with Gasteiger partial charge >= 0.3 is 0 Å². The summed E-state index contributed by atoms with van der Waals surface area (Å²) in [4.78, 5) is 11.8. The van der Waals surface area contributed by atoms with Gasteiger partial charge in [0.05, 0.1) is 16.8 Å². The number of Topliss-reactive ketones (excluding diaryl/α,β-unsaturated/α-hetero) is 1. The van der Waals surface area contributed by atoms with Crippen molar-refractivity contribution in [3.05, 3.63) is 54.1 Å². The first-order valence-electron chi connectivity index (χ1n) is 11.9. The zero-order valence-electron chi connectivity index (χ0n) is 19.5. The molecule has 0 aliphatic rings. The number of hydrogen-bond acceptors (Lipinski definition) is 4. The Bertz CT molecular complexity index is 928. The zero-order valence-corrected chi connectivity index (χ0v) is 21.9. The monoisotopic (exact) mass is 537 g/mol. The molecular formula is C26H36BrNO4S. The van der Waals surface area contributed by atoms with E-state index in [2.05, 4.69) is 27.6 Å². The lowest BCUT2D eigenvalue weighted by Gasteiger charge is -2.10. The van der Waals surface area contributed by atoms with E-state index in [9.17, 15) is 13.2 Å². The molecule has 2 aromatic rings. The molecule has 0 fully saturated rings. The van der Waals surface area contributed by atoms with Gasteiger partial charge in [-0.3, -0.25) is 9.52 Å². The summed E-state index contributed by atoms with van der Waals surface area (Å²) < 4.78 is 33.5. The fourth-order valence-electron chi connectivity index (χ4n) is 3.51. The molecule has 0 aliphatic carbocycles. The number of carbonyl (C=O) groups excluding carboxylic acids is 1. The second-order valence-corrected chi connectivity index (χ2v) is 10.5. The number of halogens is 1. The summed E-state index contributed by atoms with van der Waals surface area (Å²) >= 11 is 3.12. The summed E-state index contributed by atoms with van der Waals surface area (Å²) in [6.45, 7) is 2.88. The smallest absolute Gasteiger partial charge is 0.261 e. The molecule has 0 unspecified atom stereocenters. The minimum Gasteiger partial charge on any atom is -0.494 e. The molecule has 0 aromatic heterocycles. The third-order valence-corrected chi connectivity index (χ3v) is 7.39. The Kier molecular flexibility index (Phi) is 12.5. The number of unbranched alkanes of at least 4 members (excludes halogenated alkanes) is 9. The van der Waals surface area contributed by atoms with Crippen molar-refractivity contribution >= 4 is 37.4 Å². The number of benzene rings is 2. The molecule has 2 rings (SSSR count). The first kappa shape index (κ1) is 27.4. The summed E-state index contributed by atoms with van der Waals surface area (Å²) in [6.07, 6.45) is 12.8. The highest BCUT2D eigenvalue weighted by Gasteiger charge is 2.14. The van der Waals surface area contributed by atoms with E-state index in [0.717, 1.165) is 12.8 Å². The number of carbonyl (C=O) groups is 1. The van der Waals surface area contributed by atoms with Crippen molar-refractivity contribution in [2.75, 3.05) is 16.7 Å². The Balaban J connectivity index is 1.69. The molecule has 0 saturated heterocycles. The molecule has 0 saturated carbocycles. The van der Waals surface area contributed by atoms with Crippen molar-refractivity contribution in [2.45, 2.75) is 76.0 Å². The third kappa shape index (κ3) is 10.3. The Labute approximate surface area is 207 Å². The maximum Gasteiger partial charge on any atom is 0.261 e. The second kappa shape index (κ2) is 15.1. The third-order valence-electron chi connectivity index (χ3n) is 5.48. The fraction of sp³-hybridized carbons (Fsp3) is 0.500. The molecular weight excluding hydrogens is 502 g/mol. The molecule has 0 amide bonds. The predicted octanol–water partition coefficient (Wildman–Crippen LogP) is 7.36. The first-order chi connectivity index (χ1) is 16.0. The Morgan fingerprint density at radius 2 is 1.36 bits per heavy atom. The van der Waals surface area contributed by atoms with Crippen LogP contribution in [0.4, 0.5) is 5.69 Å². The van der Waals surface area contributed by atoms with E-state index in [1.165, 1.54) is 51.4 Å². The average Bonchev–Trinajstić information content (AvgIpc) is 2.82. The SMILES string of the molecule is CCCCCCCCCCCCOc1ccc(S(=O)(=O)Nc2ccc(C(=O)CBr)cc2)cc1. The van der Waals surface area contributed by atoms with Gasteiger partial charge < -0.3 is 4.74 Å². The van der Waals surface area contributed by atoms with Crippen LogP contribution in [0.5, 0.6) is 5.75 Å². The van der Waals surface area contributed by atoms with Gasteiger partial charge in [-0.25, -0.2) is 8.42 Å². The molecule has 0 aliphatic heterocycles. The lowest BCUT2D eigenvalue weighted by atomic mass is 10.1. The molecule has 182 valence electrons. The van der Waals surface area contributed by atoms with E-state index in [1.54, 1.807) is 48.5 Å². The first-order valence-corrected chi connectivity index (χ1v) is 14.5. The van der Waals surface area contributed by atoms with Gasteiger partial charge in [0.15, 0.2) is 5.78 Å². The lowest BCUT2D eigenvalue weighted by Crippen LogP contribution is -2.13. The van der Waals surface area contributed by atoms with E-state index in [4.69, 9.17) is 4.74 Å². The van der Waals surface area contributed by atoms with Crippen molar-refractivity contribution in [3.8, 4) is 5.75 Å². The predicted molar refractivity (Wildman–Crippen MR) is 139 cm³/mol. The van der Waals surface area contributed by atoms with Gasteiger partial charge in [-0.05, 0) is 55.0 Å². The highest BCUT2D eigenvalue weighted by molar-refractivity contribution is 9.09. The normalized spacial score (nSPS) is 11.3. The number of nitrogens with one attached hydrogen (secondary N) is 1. The van der Waals surface area contributed by atoms with Gasteiger partial charge in [-0.1, -0.05) is 80.6 Å². The summed E-state index contributed by atoms with van der Waals surface area (Å²) in [5, 5.41) is 0.228. The van der Waals surface area contributed by atoms with E-state index in [1.807, 2.05) is 0 Å². The van der Waals surface area contributed by atoms with Crippen LogP contribution < -0.4 is 9.46 Å². The van der Waals surface area contributed by atoms with E-state index in [-0.39, 0.29) is 16.0 Å². The maximum absolute atomic E-state index is 12.6. The molecule has 5 nitrogen and oxygen atoms in total. The average molecular weight is 539 g/mol. The van der Waals surface area contributed by atoms with Gasteiger partial charge in [0.2, 0.25) is 0 Å². The Hall–Kier alpha value is -1.86. The van der Waals surface area contributed by atoms with Crippen molar-refractivity contribution in [3.63, 3.8) is 0 Å². The molecule has 0 heterocycles.